The molecule has 0 radical (unpaired) electrons. The van der Waals surface area contributed by atoms with Gasteiger partial charge in [-0.1, -0.05) is 6.07 Å². The molecule has 2 aliphatic rings. The topological polar surface area (TPSA) is 66.3 Å². The first kappa shape index (κ1) is 20.0. The molecule has 2 aromatic rings. The number of nitrogens with one attached hydrogen (secondary N) is 1. The van der Waals surface area contributed by atoms with E-state index >= 15 is 0 Å². The third-order valence-corrected chi connectivity index (χ3v) is 6.01. The summed E-state index contributed by atoms with van der Waals surface area (Å²) in [6.45, 7) is 9.74. The van der Waals surface area contributed by atoms with Crippen molar-refractivity contribution in [2.45, 2.75) is 51.7 Å². The Bertz CT molecular complexity index is 812. The minimum Gasteiger partial charge on any atom is -0.353 e. The van der Waals surface area contributed by atoms with Gasteiger partial charge in [-0.3, -0.25) is 14.7 Å². The largest absolute Gasteiger partial charge is 0.353 e. The second-order valence-corrected chi connectivity index (χ2v) is 8.40. The summed E-state index contributed by atoms with van der Waals surface area (Å²) < 4.78 is 2.16. The van der Waals surface area contributed by atoms with E-state index in [1.807, 2.05) is 18.6 Å². The molecule has 0 bridgehead atoms. The Morgan fingerprint density at radius 1 is 1.28 bits per heavy atom. The number of imidazole rings is 1. The van der Waals surface area contributed by atoms with Crippen LogP contribution in [0, 0.1) is 0 Å². The SMILES string of the molecule is CC(C)n1cnc2c1[C@H](C(=O)NCCN1CCCC1)N(Cc1cccnc1)CC2. The van der Waals surface area contributed by atoms with Crippen molar-refractivity contribution in [2.24, 2.45) is 0 Å². The highest BCUT2D eigenvalue weighted by atomic mass is 16.2. The molecule has 1 saturated heterocycles. The molecule has 1 atom stereocenters. The van der Waals surface area contributed by atoms with Crippen LogP contribution in [0.25, 0.3) is 0 Å². The first-order valence-corrected chi connectivity index (χ1v) is 10.8. The molecule has 0 aliphatic carbocycles. The van der Waals surface area contributed by atoms with E-state index in [2.05, 4.69) is 49.6 Å². The van der Waals surface area contributed by atoms with Gasteiger partial charge >= 0.3 is 0 Å². The van der Waals surface area contributed by atoms with Gasteiger partial charge in [0, 0.05) is 51.0 Å². The molecular formula is C22H32N6O. The number of rotatable bonds is 7. The van der Waals surface area contributed by atoms with Gasteiger partial charge in [0.05, 0.1) is 17.7 Å². The predicted molar refractivity (Wildman–Crippen MR) is 112 cm³/mol. The van der Waals surface area contributed by atoms with Crippen molar-refractivity contribution in [3.05, 3.63) is 47.8 Å². The number of carbonyl (C=O) groups is 1. The van der Waals surface area contributed by atoms with E-state index in [0.29, 0.717) is 13.1 Å². The molecule has 1 N–H and O–H groups in total. The highest BCUT2D eigenvalue weighted by Gasteiger charge is 2.37. The average Bonchev–Trinajstić information content (AvgIpc) is 3.38. The number of amides is 1. The molecule has 0 aromatic carbocycles. The van der Waals surface area contributed by atoms with Gasteiger partial charge in [-0.2, -0.15) is 0 Å². The number of hydrogen-bond acceptors (Lipinski definition) is 5. The molecule has 0 saturated carbocycles. The van der Waals surface area contributed by atoms with Gasteiger partial charge in [0.15, 0.2) is 0 Å². The van der Waals surface area contributed by atoms with Gasteiger partial charge in [0.1, 0.15) is 6.04 Å². The van der Waals surface area contributed by atoms with Crippen molar-refractivity contribution in [3.63, 3.8) is 0 Å². The molecule has 1 amide bonds. The maximum absolute atomic E-state index is 13.4. The van der Waals surface area contributed by atoms with Gasteiger partial charge in [-0.05, 0) is 51.4 Å². The molecule has 7 heteroatoms. The summed E-state index contributed by atoms with van der Waals surface area (Å²) in [5, 5.41) is 3.21. The van der Waals surface area contributed by atoms with Crippen molar-refractivity contribution < 1.29 is 4.79 Å². The molecular weight excluding hydrogens is 364 g/mol. The lowest BCUT2D eigenvalue weighted by Gasteiger charge is -2.36. The minimum absolute atomic E-state index is 0.0800. The number of hydrogen-bond donors (Lipinski definition) is 1. The Morgan fingerprint density at radius 2 is 2.10 bits per heavy atom. The molecule has 2 aliphatic heterocycles. The smallest absolute Gasteiger partial charge is 0.243 e. The number of aromatic nitrogens is 3. The molecule has 1 fully saturated rings. The lowest BCUT2D eigenvalue weighted by atomic mass is 10.00. The molecule has 7 nitrogen and oxygen atoms in total. The maximum atomic E-state index is 13.4. The summed E-state index contributed by atoms with van der Waals surface area (Å²) >= 11 is 0. The second-order valence-electron chi connectivity index (χ2n) is 8.40. The van der Waals surface area contributed by atoms with Crippen LogP contribution in [-0.2, 0) is 17.8 Å². The van der Waals surface area contributed by atoms with E-state index in [4.69, 9.17) is 0 Å². The van der Waals surface area contributed by atoms with Crippen LogP contribution < -0.4 is 5.32 Å². The quantitative estimate of drug-likeness (QED) is 0.777. The summed E-state index contributed by atoms with van der Waals surface area (Å²) in [7, 11) is 0. The highest BCUT2D eigenvalue weighted by Crippen LogP contribution is 2.32. The summed E-state index contributed by atoms with van der Waals surface area (Å²) in [5.41, 5.74) is 3.23. The molecule has 29 heavy (non-hydrogen) atoms. The third-order valence-electron chi connectivity index (χ3n) is 6.01. The normalized spacial score (nSPS) is 20.2. The molecule has 0 unspecified atom stereocenters. The predicted octanol–water partition coefficient (Wildman–Crippen LogP) is 2.17. The summed E-state index contributed by atoms with van der Waals surface area (Å²) in [6.07, 6.45) is 8.98. The molecule has 4 rings (SSSR count). The van der Waals surface area contributed by atoms with Crippen LogP contribution in [0.1, 0.15) is 55.7 Å². The van der Waals surface area contributed by atoms with Gasteiger partial charge in [-0.25, -0.2) is 4.98 Å². The van der Waals surface area contributed by atoms with Gasteiger partial charge in [0.2, 0.25) is 5.91 Å². The van der Waals surface area contributed by atoms with Crippen LogP contribution in [-0.4, -0.2) is 63.0 Å². The summed E-state index contributed by atoms with van der Waals surface area (Å²) in [5.74, 6) is 0.0800. The third kappa shape index (κ3) is 4.51. The van der Waals surface area contributed by atoms with E-state index in [1.165, 1.54) is 12.8 Å². The first-order chi connectivity index (χ1) is 14.1. The van der Waals surface area contributed by atoms with Crippen molar-refractivity contribution in [2.75, 3.05) is 32.7 Å². The molecule has 0 spiro atoms. The monoisotopic (exact) mass is 396 g/mol. The van der Waals surface area contributed by atoms with E-state index in [0.717, 1.165) is 49.6 Å². The number of carbonyl (C=O) groups excluding carboxylic acids is 1. The van der Waals surface area contributed by atoms with Crippen LogP contribution >= 0.6 is 0 Å². The Hall–Kier alpha value is -2.25. The lowest BCUT2D eigenvalue weighted by Crippen LogP contribution is -2.46. The van der Waals surface area contributed by atoms with Crippen molar-refractivity contribution in [3.8, 4) is 0 Å². The lowest BCUT2D eigenvalue weighted by molar-refractivity contribution is -0.127. The zero-order chi connectivity index (χ0) is 20.2. The number of likely N-dealkylation sites (tertiary alicyclic amines) is 1. The average molecular weight is 397 g/mol. The first-order valence-electron chi connectivity index (χ1n) is 10.8. The summed E-state index contributed by atoms with van der Waals surface area (Å²) in [6, 6.07) is 3.98. The van der Waals surface area contributed by atoms with Gasteiger partial charge in [-0.15, -0.1) is 0 Å². The zero-order valence-electron chi connectivity index (χ0n) is 17.5. The molecule has 156 valence electrons. The number of nitrogens with zero attached hydrogens (tertiary/aromatic N) is 5. The van der Waals surface area contributed by atoms with Crippen molar-refractivity contribution in [1.82, 2.24) is 29.7 Å². The van der Waals surface area contributed by atoms with E-state index < -0.39 is 0 Å². The fourth-order valence-electron chi connectivity index (χ4n) is 4.49. The molecule has 2 aromatic heterocycles. The fraction of sp³-hybridized carbons (Fsp3) is 0.591. The van der Waals surface area contributed by atoms with Crippen LogP contribution in [0.2, 0.25) is 0 Å². The van der Waals surface area contributed by atoms with Crippen LogP contribution in [0.4, 0.5) is 0 Å². The van der Waals surface area contributed by atoms with E-state index in [1.54, 1.807) is 6.20 Å². The van der Waals surface area contributed by atoms with Crippen molar-refractivity contribution in [1.29, 1.82) is 0 Å². The Balaban J connectivity index is 1.54. The fourth-order valence-corrected chi connectivity index (χ4v) is 4.49. The molecule has 4 heterocycles. The zero-order valence-corrected chi connectivity index (χ0v) is 17.5. The minimum atomic E-state index is -0.317. The summed E-state index contributed by atoms with van der Waals surface area (Å²) in [4.78, 5) is 27.0. The van der Waals surface area contributed by atoms with Crippen LogP contribution in [0.3, 0.4) is 0 Å². The Labute approximate surface area is 173 Å². The highest BCUT2D eigenvalue weighted by molar-refractivity contribution is 5.83. The standard InChI is InChI=1S/C22H32N6O/c1-17(2)28-16-25-19-7-12-27(15-18-6-5-8-23-14-18)21(20(19)28)22(29)24-9-13-26-10-3-4-11-26/h5-6,8,14,16-17,21H,3-4,7,9-13,15H2,1-2H3,(H,24,29)/t21-/m1/s1. The maximum Gasteiger partial charge on any atom is 0.243 e. The Kier molecular flexibility index (Phi) is 6.25. The van der Waals surface area contributed by atoms with E-state index in [-0.39, 0.29) is 18.0 Å². The number of pyridine rings is 1. The van der Waals surface area contributed by atoms with Crippen molar-refractivity contribution >= 4 is 5.91 Å². The van der Waals surface area contributed by atoms with Crippen LogP contribution in [0.15, 0.2) is 30.9 Å². The Morgan fingerprint density at radius 3 is 2.83 bits per heavy atom. The van der Waals surface area contributed by atoms with Gasteiger partial charge < -0.3 is 14.8 Å². The van der Waals surface area contributed by atoms with Gasteiger partial charge in [0.25, 0.3) is 0 Å². The number of fused-ring (bicyclic) bond motifs is 1. The van der Waals surface area contributed by atoms with Crippen LogP contribution in [0.5, 0.6) is 0 Å². The van der Waals surface area contributed by atoms with E-state index in [9.17, 15) is 4.79 Å². The second kappa shape index (κ2) is 9.05.